The Morgan fingerprint density at radius 3 is 2.03 bits per heavy atom. The van der Waals surface area contributed by atoms with Crippen LogP contribution in [0.1, 0.15) is 47.5 Å². The molecule has 0 aliphatic carbocycles. The first-order valence-electron chi connectivity index (χ1n) is 9.55. The van der Waals surface area contributed by atoms with Crippen LogP contribution in [-0.2, 0) is 9.36 Å². The quantitative estimate of drug-likeness (QED) is 0.333. The molecule has 0 aromatic heterocycles. The first kappa shape index (κ1) is 25.6. The number of amides is 3. The van der Waals surface area contributed by atoms with Gasteiger partial charge in [-0.1, -0.05) is 57.0 Å². The van der Waals surface area contributed by atoms with E-state index in [0.717, 1.165) is 4.47 Å². The molecular formula is C19H31BrN3O5P. The molecule has 5 N–H and O–H groups in total. The maximum absolute atomic E-state index is 12.9. The molecule has 0 unspecified atom stereocenters. The number of rotatable bonds is 9. The van der Waals surface area contributed by atoms with Gasteiger partial charge in [-0.05, 0) is 42.5 Å². The van der Waals surface area contributed by atoms with E-state index in [0.29, 0.717) is 18.5 Å². The second kappa shape index (κ2) is 10.6. The van der Waals surface area contributed by atoms with Crippen LogP contribution in [0.5, 0.6) is 0 Å². The Labute approximate surface area is 180 Å². The monoisotopic (exact) mass is 491 g/mol. The van der Waals surface area contributed by atoms with Crippen LogP contribution in [0.2, 0.25) is 0 Å². The second-order valence-corrected chi connectivity index (χ2v) is 10.4. The van der Waals surface area contributed by atoms with Crippen LogP contribution in [0.15, 0.2) is 28.7 Å². The van der Waals surface area contributed by atoms with Crippen molar-refractivity contribution in [2.24, 2.45) is 11.8 Å². The maximum atomic E-state index is 12.9. The van der Waals surface area contributed by atoms with Crippen LogP contribution in [0.4, 0.5) is 10.5 Å². The standard InChI is InChI=1S/C19H31BrN3O5P/c1-6-7-16(22-18(25)21-15-10-8-14(20)9-11-15)17(24)23-19(12(2)3,13(4)5)29(26,27)28/h8-13,16H,6-7H2,1-5H3,(H,23,24)(H2,21,22,25)(H2,26,27,28)/t16-/m0/s1. The maximum Gasteiger partial charge on any atom is 0.351 e. The minimum Gasteiger partial charge on any atom is -0.337 e. The number of carbonyl (C=O) groups excluding carboxylic acids is 2. The normalized spacial score (nSPS) is 13.3. The average Bonchev–Trinajstić information content (AvgIpc) is 2.59. The molecule has 0 radical (unpaired) electrons. The number of anilines is 1. The van der Waals surface area contributed by atoms with Crippen molar-refractivity contribution in [3.8, 4) is 0 Å². The number of nitrogens with one attached hydrogen (secondary N) is 3. The fourth-order valence-corrected chi connectivity index (χ4v) is 5.27. The molecule has 1 rings (SSSR count). The Balaban J connectivity index is 3.01. The summed E-state index contributed by atoms with van der Waals surface area (Å²) >= 11 is 3.31. The van der Waals surface area contributed by atoms with E-state index < -0.39 is 42.7 Å². The summed E-state index contributed by atoms with van der Waals surface area (Å²) in [6.07, 6.45) is 0.927. The van der Waals surface area contributed by atoms with Crippen LogP contribution in [0.3, 0.4) is 0 Å². The van der Waals surface area contributed by atoms with Crippen molar-refractivity contribution in [2.75, 3.05) is 5.32 Å². The van der Waals surface area contributed by atoms with Gasteiger partial charge in [-0.3, -0.25) is 9.36 Å². The molecule has 1 aromatic carbocycles. The summed E-state index contributed by atoms with van der Waals surface area (Å²) < 4.78 is 13.2. The SMILES string of the molecule is CCC[C@H](NC(=O)Nc1ccc(Br)cc1)C(=O)NC(C(C)C)(C(C)C)P(=O)(O)O. The third-order valence-corrected chi connectivity index (χ3v) is 7.50. The van der Waals surface area contributed by atoms with Crippen molar-refractivity contribution in [3.63, 3.8) is 0 Å². The van der Waals surface area contributed by atoms with Gasteiger partial charge >= 0.3 is 13.6 Å². The summed E-state index contributed by atoms with van der Waals surface area (Å²) in [6, 6.07) is 5.44. The molecule has 0 heterocycles. The van der Waals surface area contributed by atoms with Crippen molar-refractivity contribution in [1.29, 1.82) is 0 Å². The van der Waals surface area contributed by atoms with E-state index in [-0.39, 0.29) is 0 Å². The first-order chi connectivity index (χ1) is 13.3. The summed E-state index contributed by atoms with van der Waals surface area (Å²) in [7, 11) is -4.69. The number of urea groups is 1. The zero-order chi connectivity index (χ0) is 22.4. The van der Waals surface area contributed by atoms with E-state index in [4.69, 9.17) is 0 Å². The van der Waals surface area contributed by atoms with Gasteiger partial charge in [0.05, 0.1) is 0 Å². The summed E-state index contributed by atoms with van der Waals surface area (Å²) in [4.78, 5) is 45.3. The Bertz CT molecular complexity index is 741. The van der Waals surface area contributed by atoms with E-state index in [9.17, 15) is 23.9 Å². The molecule has 1 aromatic rings. The van der Waals surface area contributed by atoms with E-state index in [1.54, 1.807) is 52.0 Å². The van der Waals surface area contributed by atoms with Crippen LogP contribution in [0, 0.1) is 11.8 Å². The van der Waals surface area contributed by atoms with Crippen molar-refractivity contribution >= 4 is 41.2 Å². The molecule has 0 aliphatic heterocycles. The molecule has 0 spiro atoms. The van der Waals surface area contributed by atoms with E-state index in [1.165, 1.54) is 0 Å². The smallest absolute Gasteiger partial charge is 0.337 e. The molecule has 0 saturated heterocycles. The number of hydrogen-bond donors (Lipinski definition) is 5. The summed E-state index contributed by atoms with van der Waals surface area (Å²) in [5, 5.41) is 6.11. The number of halogens is 1. The lowest BCUT2D eigenvalue weighted by Crippen LogP contribution is -2.60. The van der Waals surface area contributed by atoms with E-state index in [1.807, 2.05) is 6.92 Å². The van der Waals surface area contributed by atoms with Gasteiger partial charge in [0.15, 0.2) is 0 Å². The van der Waals surface area contributed by atoms with Crippen molar-refractivity contribution in [1.82, 2.24) is 10.6 Å². The fraction of sp³-hybridized carbons (Fsp3) is 0.579. The largest absolute Gasteiger partial charge is 0.351 e. The number of hydrogen-bond acceptors (Lipinski definition) is 3. The number of carbonyl (C=O) groups is 2. The first-order valence-corrected chi connectivity index (χ1v) is 12.0. The molecule has 164 valence electrons. The lowest BCUT2D eigenvalue weighted by molar-refractivity contribution is -0.125. The highest BCUT2D eigenvalue weighted by molar-refractivity contribution is 9.10. The molecule has 1 atom stereocenters. The minimum absolute atomic E-state index is 0.326. The lowest BCUT2D eigenvalue weighted by atomic mass is 9.91. The highest BCUT2D eigenvalue weighted by Crippen LogP contribution is 2.56. The minimum atomic E-state index is -4.69. The zero-order valence-corrected chi connectivity index (χ0v) is 19.9. The third-order valence-electron chi connectivity index (χ3n) is 4.87. The van der Waals surface area contributed by atoms with Gasteiger partial charge in [0.1, 0.15) is 11.3 Å². The molecule has 10 heteroatoms. The fourth-order valence-electron chi connectivity index (χ4n) is 3.40. The van der Waals surface area contributed by atoms with E-state index in [2.05, 4.69) is 31.9 Å². The molecule has 8 nitrogen and oxygen atoms in total. The molecular weight excluding hydrogens is 461 g/mol. The van der Waals surface area contributed by atoms with Crippen molar-refractivity contribution < 1.29 is 23.9 Å². The molecule has 0 fully saturated rings. The van der Waals surface area contributed by atoms with Gasteiger partial charge < -0.3 is 25.7 Å². The molecule has 0 bridgehead atoms. The highest BCUT2D eigenvalue weighted by atomic mass is 79.9. The molecule has 29 heavy (non-hydrogen) atoms. The number of benzene rings is 1. The van der Waals surface area contributed by atoms with Crippen LogP contribution < -0.4 is 16.0 Å². The second-order valence-electron chi connectivity index (χ2n) is 7.61. The van der Waals surface area contributed by atoms with Crippen molar-refractivity contribution in [2.45, 2.75) is 58.8 Å². The highest BCUT2D eigenvalue weighted by Gasteiger charge is 2.53. The summed E-state index contributed by atoms with van der Waals surface area (Å²) in [5.41, 5.74) is 0.551. The van der Waals surface area contributed by atoms with E-state index >= 15 is 0 Å². The Kier molecular flexibility index (Phi) is 9.34. The predicted octanol–water partition coefficient (Wildman–Crippen LogP) is 4.04. The van der Waals surface area contributed by atoms with Gasteiger partial charge in [0.2, 0.25) is 5.91 Å². The van der Waals surface area contributed by atoms with Gasteiger partial charge in [-0.2, -0.15) is 0 Å². The Morgan fingerprint density at radius 1 is 1.10 bits per heavy atom. The van der Waals surface area contributed by atoms with Crippen LogP contribution in [-0.4, -0.2) is 33.0 Å². The average molecular weight is 492 g/mol. The summed E-state index contributed by atoms with van der Waals surface area (Å²) in [5.74, 6) is -1.67. The van der Waals surface area contributed by atoms with Crippen LogP contribution >= 0.6 is 23.5 Å². The van der Waals surface area contributed by atoms with Gasteiger partial charge in [0.25, 0.3) is 0 Å². The third kappa shape index (κ3) is 6.54. The zero-order valence-electron chi connectivity index (χ0n) is 17.4. The molecule has 0 aliphatic rings. The van der Waals surface area contributed by atoms with Gasteiger partial charge in [0, 0.05) is 10.2 Å². The lowest BCUT2D eigenvalue weighted by Gasteiger charge is -2.42. The van der Waals surface area contributed by atoms with Gasteiger partial charge in [-0.25, -0.2) is 4.79 Å². The van der Waals surface area contributed by atoms with Gasteiger partial charge in [-0.15, -0.1) is 0 Å². The topological polar surface area (TPSA) is 128 Å². The molecule has 3 amide bonds. The summed E-state index contributed by atoms with van der Waals surface area (Å²) in [6.45, 7) is 8.48. The Hall–Kier alpha value is -1.41. The molecule has 0 saturated carbocycles. The Morgan fingerprint density at radius 2 is 1.62 bits per heavy atom. The van der Waals surface area contributed by atoms with Crippen molar-refractivity contribution in [3.05, 3.63) is 28.7 Å². The van der Waals surface area contributed by atoms with Crippen LogP contribution in [0.25, 0.3) is 0 Å². The predicted molar refractivity (Wildman–Crippen MR) is 118 cm³/mol.